The molecule has 0 bridgehead atoms. The largest absolute Gasteiger partial charge is 0.551 e. The van der Waals surface area contributed by atoms with Crippen LogP contribution in [-0.4, -0.2) is 48.4 Å². The normalized spacial score (nSPS) is 17.1. The standard InChI is InChI=1S/C21H34N2O3/c1-3-4-5-11-16-25-20-13-8-7-12-19(20)22-21(24)26-18(2)17-23-14-9-6-10-15-23/h7-8,12-13,18H,3-6,9-11,14-17H2,1-2H3,(H,22,24)/p+1/t18-/m1/s1. The predicted molar refractivity (Wildman–Crippen MR) is 105 cm³/mol. The molecule has 1 aromatic carbocycles. The van der Waals surface area contributed by atoms with Crippen molar-refractivity contribution in [3.63, 3.8) is 0 Å². The molecular weight excluding hydrogens is 328 g/mol. The lowest BCUT2D eigenvalue weighted by atomic mass is 10.1. The van der Waals surface area contributed by atoms with Crippen LogP contribution >= 0.6 is 0 Å². The highest BCUT2D eigenvalue weighted by Gasteiger charge is 2.18. The second-order valence-corrected chi connectivity index (χ2v) is 7.13. The molecule has 26 heavy (non-hydrogen) atoms. The Morgan fingerprint density at radius 1 is 1.15 bits per heavy atom. The Kier molecular flexibility index (Phi) is 9.32. The van der Waals surface area contributed by atoms with Gasteiger partial charge in [-0.05, 0) is 45.3 Å². The summed E-state index contributed by atoms with van der Waals surface area (Å²) in [4.78, 5) is 5.33. The molecule has 2 N–H and O–H groups in total. The number of aliphatic hydroxyl groups excluding tert-OH is 1. The summed E-state index contributed by atoms with van der Waals surface area (Å²) in [6.07, 6.45) is 8.27. The van der Waals surface area contributed by atoms with E-state index in [1.807, 2.05) is 31.2 Å². The van der Waals surface area contributed by atoms with E-state index in [-0.39, 0.29) is 12.2 Å². The minimum atomic E-state index is -0.170. The second kappa shape index (κ2) is 11.8. The third-order valence-corrected chi connectivity index (χ3v) is 4.66. The van der Waals surface area contributed by atoms with Crippen LogP contribution in [0.25, 0.3) is 0 Å². The highest BCUT2D eigenvalue weighted by atomic mass is 16.6. The van der Waals surface area contributed by atoms with Crippen LogP contribution in [0.5, 0.6) is 5.75 Å². The fourth-order valence-electron chi connectivity index (χ4n) is 3.28. The van der Waals surface area contributed by atoms with E-state index in [1.54, 1.807) is 0 Å². The van der Waals surface area contributed by atoms with Gasteiger partial charge < -0.3 is 14.6 Å². The number of benzene rings is 1. The third-order valence-electron chi connectivity index (χ3n) is 4.66. The van der Waals surface area contributed by atoms with Crippen molar-refractivity contribution >= 4 is 11.8 Å². The fraction of sp³-hybridized carbons (Fsp3) is 0.667. The summed E-state index contributed by atoms with van der Waals surface area (Å²) in [5, 5.41) is 10.2. The van der Waals surface area contributed by atoms with E-state index in [2.05, 4.69) is 16.8 Å². The van der Waals surface area contributed by atoms with E-state index < -0.39 is 0 Å². The highest BCUT2D eigenvalue weighted by molar-refractivity contribution is 5.60. The van der Waals surface area contributed by atoms with Crippen molar-refractivity contribution in [3.8, 4) is 5.75 Å². The van der Waals surface area contributed by atoms with Crippen LogP contribution < -0.4 is 9.73 Å². The lowest BCUT2D eigenvalue weighted by molar-refractivity contribution is -0.384. The zero-order valence-corrected chi connectivity index (χ0v) is 16.4. The van der Waals surface area contributed by atoms with Gasteiger partial charge in [-0.15, -0.1) is 4.99 Å². The molecule has 1 heterocycles. The number of nitrogens with one attached hydrogen (secondary N) is 1. The van der Waals surface area contributed by atoms with Gasteiger partial charge in [0.05, 0.1) is 6.61 Å². The van der Waals surface area contributed by atoms with Gasteiger partial charge in [0, 0.05) is 12.6 Å². The molecule has 1 aliphatic rings. The number of unbranched alkanes of at least 4 members (excludes halogenated alkanes) is 3. The maximum Gasteiger partial charge on any atom is 0.551 e. The Hall–Kier alpha value is -1.75. The van der Waals surface area contributed by atoms with Crippen molar-refractivity contribution in [2.24, 2.45) is 0 Å². The summed E-state index contributed by atoms with van der Waals surface area (Å²) in [6.45, 7) is 7.95. The molecule has 146 valence electrons. The third kappa shape index (κ3) is 7.65. The number of ether oxygens (including phenoxy) is 2. The molecule has 0 radical (unpaired) electrons. The molecular formula is C21H35N2O3+. The Morgan fingerprint density at radius 3 is 2.69 bits per heavy atom. The molecule has 0 aliphatic carbocycles. The topological polar surface area (TPSA) is 55.9 Å². The molecule has 5 heteroatoms. The maximum atomic E-state index is 10.2. The number of para-hydroxylation sites is 2. The van der Waals surface area contributed by atoms with Crippen molar-refractivity contribution in [1.29, 1.82) is 0 Å². The molecule has 2 rings (SSSR count). The van der Waals surface area contributed by atoms with Crippen molar-refractivity contribution in [1.82, 2.24) is 4.90 Å². The van der Waals surface area contributed by atoms with Crippen LogP contribution in [0.1, 0.15) is 58.8 Å². The Balaban J connectivity index is 1.84. The molecule has 1 saturated heterocycles. The smallest absolute Gasteiger partial charge is 0.487 e. The molecule has 1 fully saturated rings. The van der Waals surface area contributed by atoms with Crippen molar-refractivity contribution in [2.45, 2.75) is 64.9 Å². The zero-order chi connectivity index (χ0) is 18.6. The average molecular weight is 364 g/mol. The summed E-state index contributed by atoms with van der Waals surface area (Å²) in [7, 11) is 0. The quantitative estimate of drug-likeness (QED) is 0.381. The molecule has 1 aromatic rings. The van der Waals surface area contributed by atoms with Gasteiger partial charge in [0.1, 0.15) is 6.10 Å². The summed E-state index contributed by atoms with van der Waals surface area (Å²) in [5.74, 6) is 0.739. The number of piperidine rings is 1. The van der Waals surface area contributed by atoms with Gasteiger partial charge in [-0.2, -0.15) is 0 Å². The highest BCUT2D eigenvalue weighted by Crippen LogP contribution is 2.19. The van der Waals surface area contributed by atoms with Crippen LogP contribution in [0.4, 0.5) is 5.69 Å². The summed E-state index contributed by atoms with van der Waals surface area (Å²) in [6, 6.07) is 7.64. The first-order valence-electron chi connectivity index (χ1n) is 10.1. The number of hydrogen-bond donors (Lipinski definition) is 2. The number of aliphatic hydroxyl groups is 1. The van der Waals surface area contributed by atoms with Crippen LogP contribution in [0.2, 0.25) is 0 Å². The van der Waals surface area contributed by atoms with Crippen LogP contribution in [0.3, 0.4) is 0 Å². The van der Waals surface area contributed by atoms with Crippen molar-refractivity contribution in [2.75, 3.05) is 26.2 Å². The van der Waals surface area contributed by atoms with Gasteiger partial charge in [0.2, 0.25) is 0 Å². The van der Waals surface area contributed by atoms with E-state index in [0.29, 0.717) is 6.61 Å². The molecule has 0 aromatic heterocycles. The minimum Gasteiger partial charge on any atom is -0.487 e. The van der Waals surface area contributed by atoms with Gasteiger partial charge in [-0.3, -0.25) is 4.90 Å². The molecule has 1 atom stereocenters. The van der Waals surface area contributed by atoms with Gasteiger partial charge >= 0.3 is 6.08 Å². The number of hydrogen-bond acceptors (Lipinski definition) is 3. The van der Waals surface area contributed by atoms with E-state index in [1.165, 1.54) is 38.5 Å². The van der Waals surface area contributed by atoms with Gasteiger partial charge in [-0.25, -0.2) is 0 Å². The monoisotopic (exact) mass is 363 g/mol. The first-order chi connectivity index (χ1) is 12.7. The molecule has 0 saturated carbocycles. The average Bonchev–Trinajstić information content (AvgIpc) is 2.63. The number of nitrogens with zero attached hydrogens (tertiary/aromatic N) is 1. The molecule has 0 spiro atoms. The van der Waals surface area contributed by atoms with E-state index in [0.717, 1.165) is 37.5 Å². The molecule has 1 aliphatic heterocycles. The van der Waals surface area contributed by atoms with E-state index in [4.69, 9.17) is 9.47 Å². The van der Waals surface area contributed by atoms with E-state index in [9.17, 15) is 5.11 Å². The summed E-state index contributed by atoms with van der Waals surface area (Å²) < 4.78 is 11.5. The lowest BCUT2D eigenvalue weighted by Gasteiger charge is -2.28. The van der Waals surface area contributed by atoms with Crippen LogP contribution in [-0.2, 0) is 4.74 Å². The van der Waals surface area contributed by atoms with Crippen LogP contribution in [0, 0.1) is 0 Å². The second-order valence-electron chi connectivity index (χ2n) is 7.13. The minimum absolute atomic E-state index is 0.0669. The Morgan fingerprint density at radius 2 is 1.92 bits per heavy atom. The Bertz CT molecular complexity index is 542. The summed E-state index contributed by atoms with van der Waals surface area (Å²) >= 11 is 0. The van der Waals surface area contributed by atoms with Gasteiger partial charge in [0.15, 0.2) is 5.75 Å². The van der Waals surface area contributed by atoms with Crippen LogP contribution in [0.15, 0.2) is 24.3 Å². The van der Waals surface area contributed by atoms with Crippen molar-refractivity contribution < 1.29 is 19.6 Å². The number of rotatable bonds is 10. The van der Waals surface area contributed by atoms with Crippen molar-refractivity contribution in [3.05, 3.63) is 24.3 Å². The maximum absolute atomic E-state index is 10.2. The van der Waals surface area contributed by atoms with Gasteiger partial charge in [0.25, 0.3) is 5.69 Å². The van der Waals surface area contributed by atoms with E-state index >= 15 is 0 Å². The van der Waals surface area contributed by atoms with Gasteiger partial charge in [-0.1, -0.05) is 44.7 Å². The zero-order valence-electron chi connectivity index (χ0n) is 16.4. The number of likely N-dealkylation sites (tertiary alicyclic amines) is 1. The molecule has 0 unspecified atom stereocenters. The first kappa shape index (κ1) is 20.6. The SMILES string of the molecule is CCCCCCOc1ccccc1[NH+]=C(O)O[C@H](C)CN1CCCCC1. The Labute approximate surface area is 158 Å². The summed E-state index contributed by atoms with van der Waals surface area (Å²) in [5.41, 5.74) is 0.727. The molecule has 0 amide bonds. The predicted octanol–water partition coefficient (Wildman–Crippen LogP) is 3.16. The fourth-order valence-corrected chi connectivity index (χ4v) is 3.28. The first-order valence-corrected chi connectivity index (χ1v) is 10.1. The lowest BCUT2D eigenvalue weighted by Crippen LogP contribution is -2.67. The molecule has 5 nitrogen and oxygen atoms in total.